The summed E-state index contributed by atoms with van der Waals surface area (Å²) in [7, 11) is 0. The molecule has 6 N–H and O–H groups in total. The highest BCUT2D eigenvalue weighted by Crippen LogP contribution is 2.24. The number of allylic oxidation sites excluding steroid dienone is 2. The highest BCUT2D eigenvalue weighted by atomic mass is 16.2. The highest BCUT2D eigenvalue weighted by Gasteiger charge is 2.35. The smallest absolute Gasteiger partial charge is 0.317 e. The van der Waals surface area contributed by atoms with Crippen molar-refractivity contribution in [3.63, 3.8) is 0 Å². The van der Waals surface area contributed by atoms with Crippen LogP contribution in [0.2, 0.25) is 0 Å². The van der Waals surface area contributed by atoms with Crippen molar-refractivity contribution in [2.24, 2.45) is 0 Å². The van der Waals surface area contributed by atoms with Gasteiger partial charge in [0.1, 0.15) is 6.04 Å². The van der Waals surface area contributed by atoms with Crippen LogP contribution in [0.5, 0.6) is 0 Å². The van der Waals surface area contributed by atoms with Gasteiger partial charge in [-0.05, 0) is 65.0 Å². The first kappa shape index (κ1) is 32.5. The maximum Gasteiger partial charge on any atom is 0.317 e. The number of rotatable bonds is 7. The molecule has 0 spiro atoms. The Balaban J connectivity index is 1.22. The third kappa shape index (κ3) is 8.44. The second kappa shape index (κ2) is 15.4. The van der Waals surface area contributed by atoms with E-state index >= 15 is 0 Å². The van der Waals surface area contributed by atoms with Crippen LogP contribution in [0, 0.1) is 6.92 Å². The van der Waals surface area contributed by atoms with Gasteiger partial charge in [-0.3, -0.25) is 9.59 Å². The molecule has 13 nitrogen and oxygen atoms in total. The first-order valence-corrected chi connectivity index (χ1v) is 16.6. The summed E-state index contributed by atoms with van der Waals surface area (Å²) in [6.07, 6.45) is 15.7. The summed E-state index contributed by atoms with van der Waals surface area (Å²) in [4.78, 5) is 57.3. The lowest BCUT2D eigenvalue weighted by Crippen LogP contribution is -2.54. The first-order valence-electron chi connectivity index (χ1n) is 16.6. The van der Waals surface area contributed by atoms with Gasteiger partial charge in [-0.15, -0.1) is 0 Å². The summed E-state index contributed by atoms with van der Waals surface area (Å²) in [6.45, 7) is 7.49. The van der Waals surface area contributed by atoms with Crippen molar-refractivity contribution in [3.05, 3.63) is 30.0 Å². The third-order valence-corrected chi connectivity index (χ3v) is 9.64. The van der Waals surface area contributed by atoms with E-state index in [2.05, 4.69) is 31.6 Å². The molecule has 0 bridgehead atoms. The Morgan fingerprint density at radius 1 is 0.911 bits per heavy atom. The van der Waals surface area contributed by atoms with Crippen LogP contribution in [0.4, 0.5) is 22.2 Å². The second-order valence-electron chi connectivity index (χ2n) is 12.6. The van der Waals surface area contributed by atoms with Gasteiger partial charge < -0.3 is 41.7 Å². The number of carbonyl (C=O) groups excluding carboxylic acids is 3. The number of amides is 4. The number of urea groups is 1. The fourth-order valence-electron chi connectivity index (χ4n) is 6.94. The quantitative estimate of drug-likeness (QED) is 0.356. The molecular formula is C32H50N10O3. The van der Waals surface area contributed by atoms with Gasteiger partial charge in [0, 0.05) is 51.4 Å². The number of nitrogens with zero attached hydrogens (tertiary/aromatic N) is 6. The van der Waals surface area contributed by atoms with E-state index in [0.717, 1.165) is 32.4 Å². The summed E-state index contributed by atoms with van der Waals surface area (Å²) >= 11 is 0. The average molecular weight is 623 g/mol. The van der Waals surface area contributed by atoms with E-state index in [1.165, 1.54) is 19.3 Å². The number of piperidine rings is 3. The van der Waals surface area contributed by atoms with E-state index in [-0.39, 0.29) is 42.1 Å². The topological polar surface area (TPSA) is 166 Å². The Bertz CT molecular complexity index is 1220. The lowest BCUT2D eigenvalue weighted by atomic mass is 9.98. The van der Waals surface area contributed by atoms with Gasteiger partial charge in [0.05, 0.1) is 17.8 Å². The van der Waals surface area contributed by atoms with Gasteiger partial charge in [0.2, 0.25) is 17.8 Å². The van der Waals surface area contributed by atoms with Crippen molar-refractivity contribution >= 4 is 35.3 Å². The van der Waals surface area contributed by atoms with Crippen LogP contribution in [0.25, 0.3) is 0 Å². The number of nitrogen functional groups attached to an aromatic ring is 2. The van der Waals surface area contributed by atoms with E-state index < -0.39 is 6.04 Å². The normalized spacial score (nSPS) is 23.2. The SMILES string of the molecule is Cc1nc(N[C@@H](CC(=O)N2CCC(N3CC/C=C\C=C/CNC3=O)CC2)C(=O)N2CCC(N3CCCCC3)CC2)nc(N)c1N. The Kier molecular flexibility index (Phi) is 11.1. The Hall–Kier alpha value is -3.87. The zero-order valence-corrected chi connectivity index (χ0v) is 26.6. The minimum absolute atomic E-state index is 0.0242. The van der Waals surface area contributed by atoms with Gasteiger partial charge in [-0.1, -0.05) is 30.7 Å². The first-order chi connectivity index (χ1) is 21.8. The molecule has 3 fully saturated rings. The molecule has 1 atom stereocenters. The van der Waals surface area contributed by atoms with Crippen molar-refractivity contribution in [1.82, 2.24) is 34.9 Å². The van der Waals surface area contributed by atoms with Crippen LogP contribution in [0.1, 0.15) is 63.5 Å². The molecule has 1 aromatic rings. The van der Waals surface area contributed by atoms with Gasteiger partial charge in [-0.2, -0.15) is 4.98 Å². The van der Waals surface area contributed by atoms with Gasteiger partial charge in [-0.25, -0.2) is 9.78 Å². The largest absolute Gasteiger partial charge is 0.394 e. The standard InChI is InChI=1S/C32H50N10O3/c1-23-28(33)29(34)38-31(36-23)37-26(30(44)41-20-10-24(11-21-41)39-15-7-5-8-16-39)22-27(43)40-18-12-25(13-19-40)42-17-9-4-2-3-6-14-35-32(42)45/h2-4,6,24-26H,5,7-22,33H2,1H3,(H,35,45)(H3,34,36,37,38)/b4-2-,6-3-/t26-/m0/s1. The summed E-state index contributed by atoms with van der Waals surface area (Å²) in [5.41, 5.74) is 12.8. The maximum absolute atomic E-state index is 14.0. The summed E-state index contributed by atoms with van der Waals surface area (Å²) < 4.78 is 0. The molecule has 0 saturated carbocycles. The van der Waals surface area contributed by atoms with E-state index in [4.69, 9.17) is 11.5 Å². The molecule has 5 heterocycles. The van der Waals surface area contributed by atoms with Gasteiger partial charge >= 0.3 is 6.03 Å². The number of nitrogens with two attached hydrogens (primary N) is 2. The van der Waals surface area contributed by atoms with Crippen LogP contribution < -0.4 is 22.1 Å². The molecule has 4 amide bonds. The molecule has 3 saturated heterocycles. The lowest BCUT2D eigenvalue weighted by Gasteiger charge is -2.41. The van der Waals surface area contributed by atoms with Crippen LogP contribution in [0.3, 0.4) is 0 Å². The monoisotopic (exact) mass is 622 g/mol. The Labute approximate surface area is 266 Å². The lowest BCUT2D eigenvalue weighted by molar-refractivity contribution is -0.139. The molecule has 5 rings (SSSR count). The molecule has 1 aromatic heterocycles. The molecule has 45 heavy (non-hydrogen) atoms. The predicted molar refractivity (Wildman–Crippen MR) is 175 cm³/mol. The minimum atomic E-state index is -0.836. The zero-order valence-electron chi connectivity index (χ0n) is 26.6. The molecular weight excluding hydrogens is 572 g/mol. The molecule has 0 unspecified atom stereocenters. The fraction of sp³-hybridized carbons (Fsp3) is 0.656. The van der Waals surface area contributed by atoms with Gasteiger partial charge in [0.15, 0.2) is 5.82 Å². The predicted octanol–water partition coefficient (Wildman–Crippen LogP) is 2.12. The maximum atomic E-state index is 14.0. The summed E-state index contributed by atoms with van der Waals surface area (Å²) in [5, 5.41) is 6.10. The second-order valence-corrected chi connectivity index (χ2v) is 12.6. The Morgan fingerprint density at radius 3 is 2.29 bits per heavy atom. The van der Waals surface area contributed by atoms with Crippen molar-refractivity contribution < 1.29 is 14.4 Å². The fourth-order valence-corrected chi connectivity index (χ4v) is 6.94. The van der Waals surface area contributed by atoms with E-state index in [9.17, 15) is 14.4 Å². The van der Waals surface area contributed by atoms with Crippen molar-refractivity contribution in [2.45, 2.75) is 82.8 Å². The molecule has 0 radical (unpaired) electrons. The number of anilines is 3. The van der Waals surface area contributed by atoms with Crippen LogP contribution in [0.15, 0.2) is 24.3 Å². The number of nitrogens with one attached hydrogen (secondary N) is 2. The molecule has 13 heteroatoms. The Morgan fingerprint density at radius 2 is 1.58 bits per heavy atom. The molecule has 246 valence electrons. The van der Waals surface area contributed by atoms with Crippen molar-refractivity contribution in [2.75, 3.05) is 69.1 Å². The van der Waals surface area contributed by atoms with Crippen LogP contribution in [-0.2, 0) is 9.59 Å². The summed E-state index contributed by atoms with van der Waals surface area (Å²) in [5.74, 6) is 0.0866. The minimum Gasteiger partial charge on any atom is -0.394 e. The average Bonchev–Trinajstić information content (AvgIpc) is 3.06. The molecule has 0 aromatic carbocycles. The highest BCUT2D eigenvalue weighted by molar-refractivity contribution is 5.90. The van der Waals surface area contributed by atoms with Gasteiger partial charge in [0.25, 0.3) is 0 Å². The van der Waals surface area contributed by atoms with Crippen LogP contribution >= 0.6 is 0 Å². The summed E-state index contributed by atoms with van der Waals surface area (Å²) in [6, 6.07) is -0.353. The van der Waals surface area contributed by atoms with Crippen molar-refractivity contribution in [3.8, 4) is 0 Å². The van der Waals surface area contributed by atoms with E-state index in [1.807, 2.05) is 32.9 Å². The number of hydrogen-bond acceptors (Lipinski definition) is 9. The number of carbonyl (C=O) groups is 3. The number of likely N-dealkylation sites (tertiary alicyclic amines) is 3. The van der Waals surface area contributed by atoms with E-state index in [0.29, 0.717) is 69.5 Å². The van der Waals surface area contributed by atoms with Crippen LogP contribution in [-0.4, -0.2) is 118 Å². The molecule has 4 aliphatic heterocycles. The number of aromatic nitrogens is 2. The zero-order chi connectivity index (χ0) is 31.8. The molecule has 4 aliphatic rings. The van der Waals surface area contributed by atoms with E-state index in [1.54, 1.807) is 6.92 Å². The number of hydrogen-bond donors (Lipinski definition) is 4. The molecule has 0 aliphatic carbocycles. The number of aryl methyl sites for hydroxylation is 1. The van der Waals surface area contributed by atoms with Crippen molar-refractivity contribution in [1.29, 1.82) is 0 Å². The third-order valence-electron chi connectivity index (χ3n) is 9.64.